The molecule has 0 saturated heterocycles. The molecule has 0 aromatic carbocycles. The number of carbonyl (C=O) groups excluding carboxylic acids is 2. The second-order valence-electron chi connectivity index (χ2n) is 7.28. The van der Waals surface area contributed by atoms with Crippen molar-refractivity contribution in [2.75, 3.05) is 6.61 Å². The van der Waals surface area contributed by atoms with Crippen molar-refractivity contribution in [3.8, 4) is 0 Å². The van der Waals surface area contributed by atoms with Gasteiger partial charge in [0, 0.05) is 6.42 Å². The molecule has 142 valence electrons. The van der Waals surface area contributed by atoms with Gasteiger partial charge in [-0.15, -0.1) is 0 Å². The molecule has 1 unspecified atom stereocenters. The van der Waals surface area contributed by atoms with Gasteiger partial charge in [-0.1, -0.05) is 34.1 Å². The Morgan fingerprint density at radius 1 is 1.04 bits per heavy atom. The van der Waals surface area contributed by atoms with Gasteiger partial charge in [0.25, 0.3) is 0 Å². The summed E-state index contributed by atoms with van der Waals surface area (Å²) < 4.78 is 46.2. The fourth-order valence-electron chi connectivity index (χ4n) is 2.23. The Balaban J connectivity index is 4.74. The van der Waals surface area contributed by atoms with Crippen LogP contribution in [-0.2, 0) is 19.1 Å². The molecule has 7 heteroatoms. The van der Waals surface area contributed by atoms with Crippen molar-refractivity contribution in [1.29, 1.82) is 0 Å². The van der Waals surface area contributed by atoms with Crippen molar-refractivity contribution < 1.29 is 32.2 Å². The van der Waals surface area contributed by atoms with Gasteiger partial charge < -0.3 is 9.47 Å². The van der Waals surface area contributed by atoms with Gasteiger partial charge in [-0.05, 0) is 32.1 Å². The van der Waals surface area contributed by atoms with Crippen molar-refractivity contribution >= 4 is 11.9 Å². The maximum Gasteiger partial charge on any atom is 0.422 e. The molecule has 1 atom stereocenters. The van der Waals surface area contributed by atoms with Crippen LogP contribution in [0.1, 0.15) is 67.2 Å². The highest BCUT2D eigenvalue weighted by Gasteiger charge is 2.40. The Hall–Kier alpha value is -1.27. The van der Waals surface area contributed by atoms with Gasteiger partial charge in [-0.3, -0.25) is 9.59 Å². The van der Waals surface area contributed by atoms with E-state index in [1.165, 1.54) is 13.8 Å². The third-order valence-electron chi connectivity index (χ3n) is 4.25. The summed E-state index contributed by atoms with van der Waals surface area (Å²) >= 11 is 0. The monoisotopic (exact) mass is 354 g/mol. The largest absolute Gasteiger partial charge is 0.459 e. The third kappa shape index (κ3) is 8.55. The molecule has 0 radical (unpaired) electrons. The smallest absolute Gasteiger partial charge is 0.422 e. The number of hydrogen-bond acceptors (Lipinski definition) is 4. The van der Waals surface area contributed by atoms with Gasteiger partial charge in [0.2, 0.25) is 0 Å². The van der Waals surface area contributed by atoms with E-state index >= 15 is 0 Å². The van der Waals surface area contributed by atoms with Crippen LogP contribution in [0.3, 0.4) is 0 Å². The topological polar surface area (TPSA) is 52.6 Å². The Morgan fingerprint density at radius 3 is 2.00 bits per heavy atom. The van der Waals surface area contributed by atoms with E-state index in [4.69, 9.17) is 4.74 Å². The lowest BCUT2D eigenvalue weighted by molar-refractivity contribution is -0.197. The van der Waals surface area contributed by atoms with Crippen molar-refractivity contribution in [3.63, 3.8) is 0 Å². The zero-order valence-electron chi connectivity index (χ0n) is 15.4. The van der Waals surface area contributed by atoms with Gasteiger partial charge in [0.05, 0.1) is 5.92 Å². The lowest BCUT2D eigenvalue weighted by Gasteiger charge is -2.32. The van der Waals surface area contributed by atoms with Crippen LogP contribution in [0.25, 0.3) is 0 Å². The van der Waals surface area contributed by atoms with Crippen LogP contribution < -0.4 is 0 Å². The van der Waals surface area contributed by atoms with Gasteiger partial charge in [-0.25, -0.2) is 0 Å². The molecule has 0 aromatic heterocycles. The van der Waals surface area contributed by atoms with Crippen molar-refractivity contribution in [3.05, 3.63) is 0 Å². The maximum atomic E-state index is 12.2. The fourth-order valence-corrected chi connectivity index (χ4v) is 2.23. The second-order valence-corrected chi connectivity index (χ2v) is 7.28. The molecule has 0 amide bonds. The van der Waals surface area contributed by atoms with Crippen LogP contribution in [0.2, 0.25) is 0 Å². The number of halogens is 3. The number of hydrogen-bond donors (Lipinski definition) is 0. The number of esters is 2. The first kappa shape index (κ1) is 22.7. The molecule has 0 N–H and O–H groups in total. The minimum Gasteiger partial charge on any atom is -0.459 e. The van der Waals surface area contributed by atoms with E-state index in [0.29, 0.717) is 6.42 Å². The Labute approximate surface area is 142 Å². The Morgan fingerprint density at radius 2 is 1.58 bits per heavy atom. The highest BCUT2D eigenvalue weighted by atomic mass is 19.4. The van der Waals surface area contributed by atoms with E-state index in [0.717, 1.165) is 6.42 Å². The second kappa shape index (κ2) is 8.72. The molecule has 4 nitrogen and oxygen atoms in total. The fraction of sp³-hybridized carbons (Fsp3) is 0.882. The first-order valence-corrected chi connectivity index (χ1v) is 8.19. The highest BCUT2D eigenvalue weighted by molar-refractivity contribution is 5.75. The molecular weight excluding hydrogens is 325 g/mol. The minimum atomic E-state index is -4.58. The quantitative estimate of drug-likeness (QED) is 0.565. The van der Waals surface area contributed by atoms with Crippen LogP contribution >= 0.6 is 0 Å². The standard InChI is InChI=1S/C17H29F3O4/c1-7-12(14(22)23-11-17(18,19)20)16(5,6)24-13(21)9-10-15(3,4)8-2/h12H,7-11H2,1-6H3. The van der Waals surface area contributed by atoms with Gasteiger partial charge >= 0.3 is 18.1 Å². The van der Waals surface area contributed by atoms with Crippen LogP contribution in [0.5, 0.6) is 0 Å². The van der Waals surface area contributed by atoms with E-state index in [2.05, 4.69) is 4.74 Å². The van der Waals surface area contributed by atoms with Gasteiger partial charge in [0.15, 0.2) is 6.61 Å². The molecule has 0 aliphatic rings. The van der Waals surface area contributed by atoms with E-state index in [1.54, 1.807) is 6.92 Å². The van der Waals surface area contributed by atoms with Crippen LogP contribution in [-0.4, -0.2) is 30.3 Å². The predicted molar refractivity (Wildman–Crippen MR) is 84.3 cm³/mol. The number of rotatable bonds is 9. The molecule has 0 bridgehead atoms. The summed E-state index contributed by atoms with van der Waals surface area (Å²) in [5.41, 5.74) is -1.23. The summed E-state index contributed by atoms with van der Waals surface area (Å²) in [7, 11) is 0. The minimum absolute atomic E-state index is 0.00103. The number of alkyl halides is 3. The summed E-state index contributed by atoms with van der Waals surface area (Å²) in [6.45, 7) is 9.12. The van der Waals surface area contributed by atoms with E-state index < -0.39 is 36.2 Å². The number of carbonyl (C=O) groups is 2. The van der Waals surface area contributed by atoms with Gasteiger partial charge in [-0.2, -0.15) is 13.2 Å². The summed E-state index contributed by atoms with van der Waals surface area (Å²) in [6, 6.07) is 0. The molecule has 0 fully saturated rings. The highest BCUT2D eigenvalue weighted by Crippen LogP contribution is 2.30. The zero-order chi connectivity index (χ0) is 19.2. The zero-order valence-corrected chi connectivity index (χ0v) is 15.4. The lowest BCUT2D eigenvalue weighted by atomic mass is 9.85. The molecular formula is C17H29F3O4. The Bertz CT molecular complexity index is 428. The average Bonchev–Trinajstić information content (AvgIpc) is 2.42. The van der Waals surface area contributed by atoms with E-state index in [1.807, 2.05) is 20.8 Å². The van der Waals surface area contributed by atoms with Crippen LogP contribution in [0.4, 0.5) is 13.2 Å². The molecule has 0 aliphatic heterocycles. The van der Waals surface area contributed by atoms with E-state index in [-0.39, 0.29) is 18.3 Å². The molecule has 0 aliphatic carbocycles. The SMILES string of the molecule is CCC(C(=O)OCC(F)(F)F)C(C)(C)OC(=O)CCC(C)(C)CC. The summed E-state index contributed by atoms with van der Waals surface area (Å²) in [5.74, 6) is -2.44. The maximum absolute atomic E-state index is 12.2. The molecule has 0 saturated carbocycles. The van der Waals surface area contributed by atoms with Crippen molar-refractivity contribution in [2.45, 2.75) is 79.0 Å². The predicted octanol–water partition coefficient (Wildman–Crippen LogP) is 4.66. The molecule has 0 aromatic rings. The van der Waals surface area contributed by atoms with Gasteiger partial charge in [0.1, 0.15) is 5.60 Å². The third-order valence-corrected chi connectivity index (χ3v) is 4.25. The summed E-state index contributed by atoms with van der Waals surface area (Å²) in [5, 5.41) is 0. The summed E-state index contributed by atoms with van der Waals surface area (Å²) in [6.07, 6.45) is -2.64. The number of ether oxygens (including phenoxy) is 2. The molecule has 24 heavy (non-hydrogen) atoms. The summed E-state index contributed by atoms with van der Waals surface area (Å²) in [4.78, 5) is 23.9. The first-order valence-electron chi connectivity index (χ1n) is 8.19. The lowest BCUT2D eigenvalue weighted by Crippen LogP contribution is -2.42. The van der Waals surface area contributed by atoms with E-state index in [9.17, 15) is 22.8 Å². The normalized spacial score (nSPS) is 14.2. The van der Waals surface area contributed by atoms with Crippen molar-refractivity contribution in [1.82, 2.24) is 0 Å². The molecule has 0 spiro atoms. The van der Waals surface area contributed by atoms with Crippen LogP contribution in [0.15, 0.2) is 0 Å². The first-order chi connectivity index (χ1) is 10.7. The van der Waals surface area contributed by atoms with Crippen LogP contribution in [0, 0.1) is 11.3 Å². The molecule has 0 heterocycles. The average molecular weight is 354 g/mol. The van der Waals surface area contributed by atoms with Crippen molar-refractivity contribution in [2.24, 2.45) is 11.3 Å². The molecule has 0 rings (SSSR count). The Kier molecular flexibility index (Phi) is 8.26.